The fourth-order valence-corrected chi connectivity index (χ4v) is 1.78. The van der Waals surface area contributed by atoms with Crippen molar-refractivity contribution in [1.29, 1.82) is 0 Å². The molecule has 0 heterocycles. The van der Waals surface area contributed by atoms with Crippen molar-refractivity contribution >= 4 is 0 Å². The van der Waals surface area contributed by atoms with Crippen molar-refractivity contribution in [3.8, 4) is 0 Å². The minimum Gasteiger partial charge on any atom is -0.352 e. The van der Waals surface area contributed by atoms with Crippen LogP contribution in [-0.2, 0) is 9.47 Å². The highest BCUT2D eigenvalue weighted by molar-refractivity contribution is 5.06. The molecule has 0 atom stereocenters. The van der Waals surface area contributed by atoms with E-state index in [1.165, 1.54) is 16.7 Å². The summed E-state index contributed by atoms with van der Waals surface area (Å²) < 4.78 is 10.3. The summed E-state index contributed by atoms with van der Waals surface area (Å²) in [5, 5.41) is 0. The van der Waals surface area contributed by atoms with Crippen LogP contribution in [0.3, 0.4) is 0 Å². The smallest absolute Gasteiger partial charge is 0.176 e. The van der Waals surface area contributed by atoms with Gasteiger partial charge in [0, 0.05) is 14.2 Å². The van der Waals surface area contributed by atoms with E-state index in [-0.39, 0.29) is 6.29 Å². The predicted molar refractivity (Wildman–Crippen MR) is 83.2 cm³/mol. The molecule has 0 fully saturated rings. The van der Waals surface area contributed by atoms with Gasteiger partial charge in [-0.1, -0.05) is 28.9 Å². The Balaban J connectivity index is 4.02. The van der Waals surface area contributed by atoms with Gasteiger partial charge in [-0.25, -0.2) is 0 Å². The Bertz CT molecular complexity index is 316. The fraction of sp³-hybridized carbons (Fsp3) is 0.647. The van der Waals surface area contributed by atoms with Gasteiger partial charge in [0.05, 0.1) is 0 Å². The second-order valence-electron chi connectivity index (χ2n) is 5.26. The summed E-state index contributed by atoms with van der Waals surface area (Å²) in [5.74, 6) is 0. The zero-order valence-corrected chi connectivity index (χ0v) is 13.5. The molecule has 0 unspecified atom stereocenters. The quantitative estimate of drug-likeness (QED) is 0.431. The van der Waals surface area contributed by atoms with Gasteiger partial charge in [-0.3, -0.25) is 0 Å². The number of hydrogen-bond acceptors (Lipinski definition) is 2. The highest BCUT2D eigenvalue weighted by Crippen LogP contribution is 2.12. The van der Waals surface area contributed by atoms with Crippen LogP contribution in [-0.4, -0.2) is 20.5 Å². The van der Waals surface area contributed by atoms with E-state index < -0.39 is 0 Å². The van der Waals surface area contributed by atoms with Crippen LogP contribution in [0.5, 0.6) is 0 Å². The third kappa shape index (κ3) is 10.7. The molecular weight excluding hydrogens is 236 g/mol. The third-order valence-electron chi connectivity index (χ3n) is 3.01. The molecule has 0 rings (SSSR count). The van der Waals surface area contributed by atoms with Crippen LogP contribution >= 0.6 is 0 Å². The highest BCUT2D eigenvalue weighted by Gasteiger charge is 2.00. The SMILES string of the molecule is COC(/C=C(\C)CC/C=C(/C)CCC=C(C)C)OC. The van der Waals surface area contributed by atoms with Crippen molar-refractivity contribution in [1.82, 2.24) is 0 Å². The summed E-state index contributed by atoms with van der Waals surface area (Å²) >= 11 is 0. The average Bonchev–Trinajstić information content (AvgIpc) is 2.35. The minimum absolute atomic E-state index is 0.220. The Morgan fingerprint density at radius 3 is 1.89 bits per heavy atom. The van der Waals surface area contributed by atoms with Gasteiger partial charge >= 0.3 is 0 Å². The summed E-state index contributed by atoms with van der Waals surface area (Å²) in [5.41, 5.74) is 4.18. The maximum Gasteiger partial charge on any atom is 0.176 e. The summed E-state index contributed by atoms with van der Waals surface area (Å²) in [4.78, 5) is 0. The molecular formula is C17H30O2. The van der Waals surface area contributed by atoms with E-state index in [0.717, 1.165) is 25.7 Å². The molecule has 110 valence electrons. The Hall–Kier alpha value is -0.860. The zero-order chi connectivity index (χ0) is 14.7. The van der Waals surface area contributed by atoms with Crippen molar-refractivity contribution < 1.29 is 9.47 Å². The summed E-state index contributed by atoms with van der Waals surface area (Å²) in [6, 6.07) is 0. The van der Waals surface area contributed by atoms with E-state index in [2.05, 4.69) is 39.8 Å². The summed E-state index contributed by atoms with van der Waals surface area (Å²) in [6.07, 6.45) is 10.9. The molecule has 0 aromatic rings. The lowest BCUT2D eigenvalue weighted by molar-refractivity contribution is -0.0671. The van der Waals surface area contributed by atoms with E-state index >= 15 is 0 Å². The predicted octanol–water partition coefficient (Wildman–Crippen LogP) is 5.02. The van der Waals surface area contributed by atoms with Gasteiger partial charge in [0.1, 0.15) is 0 Å². The molecule has 0 bridgehead atoms. The van der Waals surface area contributed by atoms with E-state index in [4.69, 9.17) is 9.47 Å². The van der Waals surface area contributed by atoms with E-state index in [0.29, 0.717) is 0 Å². The summed E-state index contributed by atoms with van der Waals surface area (Å²) in [6.45, 7) is 8.63. The Morgan fingerprint density at radius 1 is 0.842 bits per heavy atom. The number of hydrogen-bond donors (Lipinski definition) is 0. The Kier molecular flexibility index (Phi) is 10.5. The molecule has 2 nitrogen and oxygen atoms in total. The topological polar surface area (TPSA) is 18.5 Å². The first-order valence-corrected chi connectivity index (χ1v) is 7.01. The van der Waals surface area contributed by atoms with Crippen molar-refractivity contribution in [2.75, 3.05) is 14.2 Å². The molecule has 0 aromatic heterocycles. The van der Waals surface area contributed by atoms with Crippen LogP contribution in [0.2, 0.25) is 0 Å². The van der Waals surface area contributed by atoms with Crippen molar-refractivity contribution in [3.05, 3.63) is 34.9 Å². The number of rotatable bonds is 9. The standard InChI is InChI=1S/C17H30O2/c1-14(2)9-7-10-15(3)11-8-12-16(4)13-17(18-5)19-6/h9,11,13,17H,7-8,10,12H2,1-6H3/b15-11-,16-13+. The van der Waals surface area contributed by atoms with E-state index in [1.807, 2.05) is 6.08 Å². The number of ether oxygens (including phenoxy) is 2. The molecule has 0 spiro atoms. The van der Waals surface area contributed by atoms with Gasteiger partial charge in [0.25, 0.3) is 0 Å². The lowest BCUT2D eigenvalue weighted by Crippen LogP contribution is -2.09. The highest BCUT2D eigenvalue weighted by atomic mass is 16.7. The van der Waals surface area contributed by atoms with Gasteiger partial charge in [-0.15, -0.1) is 0 Å². The van der Waals surface area contributed by atoms with Crippen molar-refractivity contribution in [2.45, 2.75) is 59.7 Å². The molecule has 0 N–H and O–H groups in total. The first-order chi connectivity index (χ1) is 8.99. The van der Waals surface area contributed by atoms with Gasteiger partial charge < -0.3 is 9.47 Å². The van der Waals surface area contributed by atoms with E-state index in [1.54, 1.807) is 14.2 Å². The van der Waals surface area contributed by atoms with Gasteiger partial charge in [0.2, 0.25) is 0 Å². The normalized spacial score (nSPS) is 13.0. The van der Waals surface area contributed by atoms with Crippen molar-refractivity contribution in [3.63, 3.8) is 0 Å². The molecule has 0 aliphatic carbocycles. The molecule has 19 heavy (non-hydrogen) atoms. The average molecular weight is 266 g/mol. The zero-order valence-electron chi connectivity index (χ0n) is 13.5. The lowest BCUT2D eigenvalue weighted by atomic mass is 10.1. The largest absolute Gasteiger partial charge is 0.352 e. The molecule has 2 heteroatoms. The van der Waals surface area contributed by atoms with Crippen LogP contribution in [0.1, 0.15) is 53.4 Å². The summed E-state index contributed by atoms with van der Waals surface area (Å²) in [7, 11) is 3.32. The van der Waals surface area contributed by atoms with Gasteiger partial charge in [0.15, 0.2) is 6.29 Å². The Labute approximate surface area is 119 Å². The van der Waals surface area contributed by atoms with Crippen LogP contribution in [0.25, 0.3) is 0 Å². The van der Waals surface area contributed by atoms with Crippen LogP contribution < -0.4 is 0 Å². The van der Waals surface area contributed by atoms with Gasteiger partial charge in [-0.2, -0.15) is 0 Å². The Morgan fingerprint density at radius 2 is 1.37 bits per heavy atom. The molecule has 0 saturated carbocycles. The molecule has 0 saturated heterocycles. The van der Waals surface area contributed by atoms with Gasteiger partial charge in [-0.05, 0) is 59.5 Å². The maximum atomic E-state index is 5.15. The second-order valence-corrected chi connectivity index (χ2v) is 5.26. The lowest BCUT2D eigenvalue weighted by Gasteiger charge is -2.09. The first kappa shape index (κ1) is 18.1. The molecule has 0 aromatic carbocycles. The second kappa shape index (κ2) is 11.0. The molecule has 0 aliphatic heterocycles. The minimum atomic E-state index is -0.220. The molecule has 0 amide bonds. The van der Waals surface area contributed by atoms with E-state index in [9.17, 15) is 0 Å². The molecule has 0 aliphatic rings. The third-order valence-corrected chi connectivity index (χ3v) is 3.01. The first-order valence-electron chi connectivity index (χ1n) is 7.01. The maximum absolute atomic E-state index is 5.15. The van der Waals surface area contributed by atoms with Crippen LogP contribution in [0.4, 0.5) is 0 Å². The van der Waals surface area contributed by atoms with Crippen molar-refractivity contribution in [2.24, 2.45) is 0 Å². The molecule has 0 radical (unpaired) electrons. The number of methoxy groups -OCH3 is 2. The monoisotopic (exact) mass is 266 g/mol. The number of allylic oxidation sites excluding steroid dienone is 5. The van der Waals surface area contributed by atoms with Crippen LogP contribution in [0, 0.1) is 0 Å². The fourth-order valence-electron chi connectivity index (χ4n) is 1.78. The van der Waals surface area contributed by atoms with Crippen LogP contribution in [0.15, 0.2) is 34.9 Å².